The topological polar surface area (TPSA) is 49.3 Å². The molecule has 110 valence electrons. The molecule has 0 bridgehead atoms. The van der Waals surface area contributed by atoms with Crippen LogP contribution in [0.3, 0.4) is 0 Å². The Balaban J connectivity index is 2.07. The molecule has 0 radical (unpaired) electrons. The molecule has 20 heavy (non-hydrogen) atoms. The molecule has 0 atom stereocenters. The van der Waals surface area contributed by atoms with E-state index in [1.807, 2.05) is 24.8 Å². The summed E-state index contributed by atoms with van der Waals surface area (Å²) in [6.07, 6.45) is 1.02. The third kappa shape index (κ3) is 3.76. The van der Waals surface area contributed by atoms with Crippen molar-refractivity contribution in [2.75, 3.05) is 38.1 Å². The van der Waals surface area contributed by atoms with Gasteiger partial charge in [-0.2, -0.15) is 10.2 Å². The summed E-state index contributed by atoms with van der Waals surface area (Å²) < 4.78 is 0. The average Bonchev–Trinajstić information content (AvgIpc) is 2.67. The Hall–Kier alpha value is -1.01. The molecule has 1 aliphatic heterocycles. The van der Waals surface area contributed by atoms with Crippen molar-refractivity contribution in [3.63, 3.8) is 0 Å². The summed E-state index contributed by atoms with van der Waals surface area (Å²) in [6, 6.07) is 1.84. The SMILES string of the molecule is Cc1cc(C(=O)N2CCCN(CCBr)CC2)c(C)nn1. The number of hydrogen-bond donors (Lipinski definition) is 0. The number of alkyl halides is 1. The summed E-state index contributed by atoms with van der Waals surface area (Å²) >= 11 is 3.47. The zero-order valence-corrected chi connectivity index (χ0v) is 13.7. The molecule has 2 heterocycles. The number of nitrogens with zero attached hydrogens (tertiary/aromatic N) is 4. The van der Waals surface area contributed by atoms with Gasteiger partial charge in [-0.15, -0.1) is 0 Å². The van der Waals surface area contributed by atoms with Gasteiger partial charge in [-0.3, -0.25) is 4.79 Å². The van der Waals surface area contributed by atoms with Gasteiger partial charge in [-0.25, -0.2) is 0 Å². The van der Waals surface area contributed by atoms with Crippen LogP contribution in [0.15, 0.2) is 6.07 Å². The third-order valence-corrected chi connectivity index (χ3v) is 3.96. The molecule has 0 aliphatic carbocycles. The molecule has 0 N–H and O–H groups in total. The molecular formula is C14H21BrN4O. The van der Waals surface area contributed by atoms with Gasteiger partial charge in [0.2, 0.25) is 0 Å². The first-order chi connectivity index (χ1) is 9.61. The van der Waals surface area contributed by atoms with Crippen molar-refractivity contribution in [1.29, 1.82) is 0 Å². The predicted molar refractivity (Wildman–Crippen MR) is 82.3 cm³/mol. The highest BCUT2D eigenvalue weighted by Crippen LogP contribution is 2.12. The summed E-state index contributed by atoms with van der Waals surface area (Å²) in [4.78, 5) is 17.0. The highest BCUT2D eigenvalue weighted by Gasteiger charge is 2.21. The van der Waals surface area contributed by atoms with Crippen LogP contribution in [0, 0.1) is 13.8 Å². The van der Waals surface area contributed by atoms with E-state index < -0.39 is 0 Å². The normalized spacial score (nSPS) is 17.1. The number of aromatic nitrogens is 2. The molecule has 0 spiro atoms. The summed E-state index contributed by atoms with van der Waals surface area (Å²) in [6.45, 7) is 8.34. The maximum absolute atomic E-state index is 12.6. The first-order valence-corrected chi connectivity index (χ1v) is 8.12. The van der Waals surface area contributed by atoms with E-state index in [2.05, 4.69) is 31.0 Å². The minimum Gasteiger partial charge on any atom is -0.337 e. The Morgan fingerprint density at radius 1 is 1.25 bits per heavy atom. The number of carbonyl (C=O) groups is 1. The summed E-state index contributed by atoms with van der Waals surface area (Å²) in [5.41, 5.74) is 2.18. The molecule has 1 saturated heterocycles. The number of aryl methyl sites for hydroxylation is 2. The Labute approximate surface area is 128 Å². The highest BCUT2D eigenvalue weighted by molar-refractivity contribution is 9.09. The molecule has 0 unspecified atom stereocenters. The lowest BCUT2D eigenvalue weighted by Gasteiger charge is -2.22. The van der Waals surface area contributed by atoms with Gasteiger partial charge in [0.25, 0.3) is 5.91 Å². The third-order valence-electron chi connectivity index (χ3n) is 3.61. The molecule has 0 saturated carbocycles. The van der Waals surface area contributed by atoms with E-state index in [9.17, 15) is 4.79 Å². The second kappa shape index (κ2) is 7.13. The van der Waals surface area contributed by atoms with Crippen LogP contribution in [-0.2, 0) is 0 Å². The largest absolute Gasteiger partial charge is 0.337 e. The Morgan fingerprint density at radius 2 is 2.05 bits per heavy atom. The first-order valence-electron chi connectivity index (χ1n) is 7.00. The second-order valence-electron chi connectivity index (χ2n) is 5.16. The minimum atomic E-state index is 0.0844. The molecular weight excluding hydrogens is 320 g/mol. The maximum Gasteiger partial charge on any atom is 0.255 e. The van der Waals surface area contributed by atoms with E-state index >= 15 is 0 Å². The fourth-order valence-corrected chi connectivity index (χ4v) is 2.96. The number of amides is 1. The number of hydrogen-bond acceptors (Lipinski definition) is 4. The second-order valence-corrected chi connectivity index (χ2v) is 5.95. The zero-order valence-electron chi connectivity index (χ0n) is 12.1. The van der Waals surface area contributed by atoms with E-state index in [-0.39, 0.29) is 5.91 Å². The van der Waals surface area contributed by atoms with Crippen molar-refractivity contribution >= 4 is 21.8 Å². The van der Waals surface area contributed by atoms with Gasteiger partial charge in [0, 0.05) is 31.5 Å². The van der Waals surface area contributed by atoms with Gasteiger partial charge < -0.3 is 9.80 Å². The molecule has 1 aromatic rings. The summed E-state index contributed by atoms with van der Waals surface area (Å²) in [7, 11) is 0. The quantitative estimate of drug-likeness (QED) is 0.785. The fraction of sp³-hybridized carbons (Fsp3) is 0.643. The van der Waals surface area contributed by atoms with Crippen molar-refractivity contribution in [3.05, 3.63) is 23.0 Å². The zero-order chi connectivity index (χ0) is 14.5. The van der Waals surface area contributed by atoms with Crippen LogP contribution in [0.1, 0.15) is 28.2 Å². The Morgan fingerprint density at radius 3 is 2.80 bits per heavy atom. The number of rotatable bonds is 3. The van der Waals surface area contributed by atoms with Gasteiger partial charge in [0.05, 0.1) is 17.0 Å². The van der Waals surface area contributed by atoms with Crippen LogP contribution in [-0.4, -0.2) is 64.0 Å². The molecule has 1 aliphatic rings. The smallest absolute Gasteiger partial charge is 0.255 e. The van der Waals surface area contributed by atoms with Crippen LogP contribution >= 0.6 is 15.9 Å². The number of halogens is 1. The minimum absolute atomic E-state index is 0.0844. The van der Waals surface area contributed by atoms with Gasteiger partial charge in [0.15, 0.2) is 0 Å². The molecule has 1 aromatic heterocycles. The first kappa shape index (κ1) is 15.4. The molecule has 5 nitrogen and oxygen atoms in total. The monoisotopic (exact) mass is 340 g/mol. The molecule has 1 fully saturated rings. The van der Waals surface area contributed by atoms with E-state index in [0.717, 1.165) is 50.2 Å². The Bertz CT molecular complexity index is 480. The summed E-state index contributed by atoms with van der Waals surface area (Å²) in [5.74, 6) is 0.0844. The predicted octanol–water partition coefficient (Wildman–Crippen LogP) is 1.64. The molecule has 1 amide bonds. The lowest BCUT2D eigenvalue weighted by Crippen LogP contribution is -2.36. The maximum atomic E-state index is 12.6. The Kier molecular flexibility index (Phi) is 5.48. The van der Waals surface area contributed by atoms with E-state index in [1.165, 1.54) is 0 Å². The van der Waals surface area contributed by atoms with Crippen LogP contribution in [0.5, 0.6) is 0 Å². The molecule has 0 aromatic carbocycles. The van der Waals surface area contributed by atoms with Gasteiger partial charge in [-0.05, 0) is 32.9 Å². The van der Waals surface area contributed by atoms with Crippen LogP contribution < -0.4 is 0 Å². The lowest BCUT2D eigenvalue weighted by molar-refractivity contribution is 0.0760. The van der Waals surface area contributed by atoms with Crippen molar-refractivity contribution in [2.24, 2.45) is 0 Å². The van der Waals surface area contributed by atoms with Crippen molar-refractivity contribution < 1.29 is 4.79 Å². The molecule has 2 rings (SSSR count). The average molecular weight is 341 g/mol. The van der Waals surface area contributed by atoms with Gasteiger partial charge in [-0.1, -0.05) is 15.9 Å². The van der Waals surface area contributed by atoms with E-state index in [4.69, 9.17) is 0 Å². The standard InChI is InChI=1S/C14H21BrN4O/c1-11-10-13(12(2)17-16-11)14(20)19-6-3-5-18(7-4-15)8-9-19/h10H,3-9H2,1-2H3. The van der Waals surface area contributed by atoms with Crippen LogP contribution in [0.4, 0.5) is 0 Å². The number of carbonyl (C=O) groups excluding carboxylic acids is 1. The van der Waals surface area contributed by atoms with Gasteiger partial charge in [0.1, 0.15) is 0 Å². The van der Waals surface area contributed by atoms with Crippen LogP contribution in [0.2, 0.25) is 0 Å². The fourth-order valence-electron chi connectivity index (χ4n) is 2.45. The van der Waals surface area contributed by atoms with Crippen molar-refractivity contribution in [3.8, 4) is 0 Å². The summed E-state index contributed by atoms with van der Waals surface area (Å²) in [5, 5.41) is 9.02. The van der Waals surface area contributed by atoms with Crippen LogP contribution in [0.25, 0.3) is 0 Å². The highest BCUT2D eigenvalue weighted by atomic mass is 79.9. The van der Waals surface area contributed by atoms with Gasteiger partial charge >= 0.3 is 0 Å². The van der Waals surface area contributed by atoms with Crippen molar-refractivity contribution in [2.45, 2.75) is 20.3 Å². The van der Waals surface area contributed by atoms with E-state index in [1.54, 1.807) is 0 Å². The lowest BCUT2D eigenvalue weighted by atomic mass is 10.1. The molecule has 6 heteroatoms. The van der Waals surface area contributed by atoms with Crippen molar-refractivity contribution in [1.82, 2.24) is 20.0 Å². The van der Waals surface area contributed by atoms with E-state index in [0.29, 0.717) is 11.3 Å².